The summed E-state index contributed by atoms with van der Waals surface area (Å²) in [6.45, 7) is 1.66. The van der Waals surface area contributed by atoms with Crippen LogP contribution in [0.2, 0.25) is 0 Å². The first-order chi connectivity index (χ1) is 7.81. The molecule has 0 bridgehead atoms. The van der Waals surface area contributed by atoms with E-state index in [0.29, 0.717) is 16.5 Å². The van der Waals surface area contributed by atoms with E-state index in [4.69, 9.17) is 15.7 Å². The topological polar surface area (TPSA) is 59.0 Å². The van der Waals surface area contributed by atoms with Crippen molar-refractivity contribution in [3.05, 3.63) is 23.8 Å². The predicted molar refractivity (Wildman–Crippen MR) is 65.3 cm³/mol. The number of rotatable bonds is 2. The van der Waals surface area contributed by atoms with E-state index in [1.54, 1.807) is 17.8 Å². The van der Waals surface area contributed by atoms with Gasteiger partial charge in [0.2, 0.25) is 0 Å². The molecule has 4 heteroatoms. The summed E-state index contributed by atoms with van der Waals surface area (Å²) in [7, 11) is 0. The van der Waals surface area contributed by atoms with Crippen molar-refractivity contribution in [1.29, 1.82) is 5.26 Å². The molecular formula is C12H14N2OS. The molecule has 2 rings (SSSR count). The Bertz CT molecular complexity index is 408. The Morgan fingerprint density at radius 1 is 1.38 bits per heavy atom. The molecule has 16 heavy (non-hydrogen) atoms. The first-order valence-corrected chi connectivity index (χ1v) is 6.22. The zero-order chi connectivity index (χ0) is 11.4. The summed E-state index contributed by atoms with van der Waals surface area (Å²) < 4.78 is 5.32. The molecule has 1 aliphatic heterocycles. The lowest BCUT2D eigenvalue weighted by molar-refractivity contribution is 0.100. The van der Waals surface area contributed by atoms with Gasteiger partial charge in [0, 0.05) is 23.4 Å². The minimum Gasteiger partial charge on any atom is -0.397 e. The Hall–Kier alpha value is -1.18. The predicted octanol–water partition coefficient (Wildman–Crippen LogP) is 2.41. The summed E-state index contributed by atoms with van der Waals surface area (Å²) in [5.74, 6) is 0. The lowest BCUT2D eigenvalue weighted by atomic mass is 10.2. The summed E-state index contributed by atoms with van der Waals surface area (Å²) in [6, 6.07) is 7.73. The third-order valence-electron chi connectivity index (χ3n) is 2.65. The quantitative estimate of drug-likeness (QED) is 0.798. The lowest BCUT2D eigenvalue weighted by Crippen LogP contribution is -2.17. The van der Waals surface area contributed by atoms with E-state index in [-0.39, 0.29) is 0 Å². The number of para-hydroxylation sites is 1. The fraction of sp³-hybridized carbons (Fsp3) is 0.417. The van der Waals surface area contributed by atoms with Crippen LogP contribution < -0.4 is 5.73 Å². The van der Waals surface area contributed by atoms with E-state index in [2.05, 4.69) is 6.07 Å². The first-order valence-electron chi connectivity index (χ1n) is 5.34. The van der Waals surface area contributed by atoms with E-state index in [9.17, 15) is 0 Å². The highest BCUT2D eigenvalue weighted by molar-refractivity contribution is 8.00. The third-order valence-corrected chi connectivity index (χ3v) is 4.06. The largest absolute Gasteiger partial charge is 0.397 e. The second kappa shape index (κ2) is 5.24. The molecule has 0 unspecified atom stereocenters. The van der Waals surface area contributed by atoms with Gasteiger partial charge in [0.1, 0.15) is 6.07 Å². The Labute approximate surface area is 99.6 Å². The molecule has 1 heterocycles. The maximum atomic E-state index is 8.89. The maximum Gasteiger partial charge on any atom is 0.101 e. The van der Waals surface area contributed by atoms with Crippen molar-refractivity contribution in [3.63, 3.8) is 0 Å². The molecule has 1 aromatic rings. The van der Waals surface area contributed by atoms with Crippen LogP contribution in [-0.4, -0.2) is 18.5 Å². The first kappa shape index (κ1) is 11.3. The SMILES string of the molecule is N#Cc1cccc(SC2CCOCC2)c1N. The van der Waals surface area contributed by atoms with Crippen molar-refractivity contribution in [3.8, 4) is 6.07 Å². The molecular weight excluding hydrogens is 220 g/mol. The van der Waals surface area contributed by atoms with E-state index < -0.39 is 0 Å². The van der Waals surface area contributed by atoms with Gasteiger partial charge in [-0.05, 0) is 25.0 Å². The van der Waals surface area contributed by atoms with E-state index in [1.807, 2.05) is 12.1 Å². The van der Waals surface area contributed by atoms with Crippen molar-refractivity contribution in [1.82, 2.24) is 0 Å². The van der Waals surface area contributed by atoms with Gasteiger partial charge >= 0.3 is 0 Å². The molecule has 2 N–H and O–H groups in total. The van der Waals surface area contributed by atoms with Crippen molar-refractivity contribution in [2.45, 2.75) is 23.0 Å². The van der Waals surface area contributed by atoms with Crippen LogP contribution in [0.25, 0.3) is 0 Å². The molecule has 1 fully saturated rings. The Balaban J connectivity index is 2.12. The summed E-state index contributed by atoms with van der Waals surface area (Å²) >= 11 is 1.76. The van der Waals surface area contributed by atoms with Gasteiger partial charge < -0.3 is 10.5 Å². The number of thioether (sulfide) groups is 1. The molecule has 0 amide bonds. The number of nitrogens with zero attached hydrogens (tertiary/aromatic N) is 1. The number of benzene rings is 1. The number of nitrogens with two attached hydrogens (primary N) is 1. The second-order valence-electron chi connectivity index (χ2n) is 3.76. The molecule has 3 nitrogen and oxygen atoms in total. The van der Waals surface area contributed by atoms with Crippen LogP contribution in [0.1, 0.15) is 18.4 Å². The number of ether oxygens (including phenoxy) is 1. The van der Waals surface area contributed by atoms with E-state index in [0.717, 1.165) is 31.0 Å². The Kier molecular flexibility index (Phi) is 3.70. The molecule has 0 aliphatic carbocycles. The van der Waals surface area contributed by atoms with Gasteiger partial charge in [0.05, 0.1) is 11.3 Å². The fourth-order valence-corrected chi connectivity index (χ4v) is 2.90. The van der Waals surface area contributed by atoms with Gasteiger partial charge in [-0.15, -0.1) is 11.8 Å². The molecule has 84 valence electrons. The third kappa shape index (κ3) is 2.49. The molecule has 1 saturated heterocycles. The van der Waals surface area contributed by atoms with Crippen LogP contribution in [0.4, 0.5) is 5.69 Å². The fourth-order valence-electron chi connectivity index (χ4n) is 1.72. The monoisotopic (exact) mass is 234 g/mol. The molecule has 0 saturated carbocycles. The molecule has 0 aromatic heterocycles. The lowest BCUT2D eigenvalue weighted by Gasteiger charge is -2.22. The van der Waals surface area contributed by atoms with Crippen LogP contribution in [0.5, 0.6) is 0 Å². The second-order valence-corrected chi connectivity index (χ2v) is 5.10. The zero-order valence-electron chi connectivity index (χ0n) is 8.98. The van der Waals surface area contributed by atoms with Gasteiger partial charge in [0.15, 0.2) is 0 Å². The van der Waals surface area contributed by atoms with Gasteiger partial charge in [-0.2, -0.15) is 5.26 Å². The minimum atomic E-state index is 0.560. The minimum absolute atomic E-state index is 0.560. The average molecular weight is 234 g/mol. The van der Waals surface area contributed by atoms with Crippen molar-refractivity contribution in [2.75, 3.05) is 18.9 Å². The van der Waals surface area contributed by atoms with E-state index >= 15 is 0 Å². The smallest absolute Gasteiger partial charge is 0.101 e. The van der Waals surface area contributed by atoms with Crippen LogP contribution in [-0.2, 0) is 4.74 Å². The highest BCUT2D eigenvalue weighted by Crippen LogP contribution is 2.34. The number of anilines is 1. The van der Waals surface area contributed by atoms with E-state index in [1.165, 1.54) is 0 Å². The van der Waals surface area contributed by atoms with Crippen LogP contribution in [0, 0.1) is 11.3 Å². The summed E-state index contributed by atoms with van der Waals surface area (Å²) in [4.78, 5) is 1.02. The van der Waals surface area contributed by atoms with Gasteiger partial charge in [-0.1, -0.05) is 6.07 Å². The molecule has 0 atom stereocenters. The maximum absolute atomic E-state index is 8.89. The molecule has 1 aliphatic rings. The van der Waals surface area contributed by atoms with Gasteiger partial charge in [-0.25, -0.2) is 0 Å². The standard InChI is InChI=1S/C12H14N2OS/c13-8-9-2-1-3-11(12(9)14)16-10-4-6-15-7-5-10/h1-3,10H,4-7,14H2. The van der Waals surface area contributed by atoms with Crippen LogP contribution >= 0.6 is 11.8 Å². The molecule has 0 spiro atoms. The summed E-state index contributed by atoms with van der Waals surface area (Å²) in [5.41, 5.74) is 7.12. The summed E-state index contributed by atoms with van der Waals surface area (Å²) in [6.07, 6.45) is 2.11. The number of nitrogen functional groups attached to an aromatic ring is 1. The average Bonchev–Trinajstić information content (AvgIpc) is 2.33. The van der Waals surface area contributed by atoms with Crippen LogP contribution in [0.3, 0.4) is 0 Å². The van der Waals surface area contributed by atoms with Crippen molar-refractivity contribution >= 4 is 17.4 Å². The Morgan fingerprint density at radius 3 is 2.81 bits per heavy atom. The Morgan fingerprint density at radius 2 is 2.12 bits per heavy atom. The normalized spacial score (nSPS) is 16.9. The summed E-state index contributed by atoms with van der Waals surface area (Å²) in [5, 5.41) is 9.45. The van der Waals surface area contributed by atoms with Crippen LogP contribution in [0.15, 0.2) is 23.1 Å². The number of nitriles is 1. The zero-order valence-corrected chi connectivity index (χ0v) is 9.80. The van der Waals surface area contributed by atoms with Gasteiger partial charge in [0.25, 0.3) is 0 Å². The highest BCUT2D eigenvalue weighted by Gasteiger charge is 2.16. The van der Waals surface area contributed by atoms with Crippen molar-refractivity contribution in [2.24, 2.45) is 0 Å². The molecule has 0 radical (unpaired) electrons. The van der Waals surface area contributed by atoms with Crippen molar-refractivity contribution < 1.29 is 4.74 Å². The molecule has 1 aromatic carbocycles. The number of hydrogen-bond donors (Lipinski definition) is 1. The highest BCUT2D eigenvalue weighted by atomic mass is 32.2. The number of hydrogen-bond acceptors (Lipinski definition) is 4. The van der Waals surface area contributed by atoms with Gasteiger partial charge in [-0.3, -0.25) is 0 Å².